The van der Waals surface area contributed by atoms with Crippen molar-refractivity contribution in [1.82, 2.24) is 10.2 Å². The Morgan fingerprint density at radius 3 is 2.63 bits per heavy atom. The molecular weight excluding hydrogens is 356 g/mol. The molecule has 0 heterocycles. The van der Waals surface area contributed by atoms with E-state index in [0.29, 0.717) is 31.6 Å². The average molecular weight is 385 g/mol. The molecule has 6 nitrogen and oxygen atoms in total. The van der Waals surface area contributed by atoms with Crippen LogP contribution in [0.25, 0.3) is 0 Å². The molecule has 1 fully saturated rings. The van der Waals surface area contributed by atoms with Crippen LogP contribution in [0.2, 0.25) is 0 Å². The zero-order valence-corrected chi connectivity index (χ0v) is 15.9. The molecule has 0 aliphatic heterocycles. The quantitative estimate of drug-likeness (QED) is 0.453. The van der Waals surface area contributed by atoms with Gasteiger partial charge < -0.3 is 24.8 Å². The highest BCUT2D eigenvalue weighted by Crippen LogP contribution is 2.28. The first-order valence-corrected chi connectivity index (χ1v) is 9.27. The Labute approximate surface area is 159 Å². The van der Waals surface area contributed by atoms with Crippen molar-refractivity contribution in [3.8, 4) is 5.75 Å². The topological polar surface area (TPSA) is 66.3 Å². The Bertz CT molecular complexity index is 580. The molecule has 2 rings (SSSR count). The SMILES string of the molecule is CCNC(=NCC(O)COCC1CC1)N(C)Cc1ccc(OC(F)F)cc1. The van der Waals surface area contributed by atoms with Gasteiger partial charge in [0.05, 0.1) is 19.3 Å². The summed E-state index contributed by atoms with van der Waals surface area (Å²) in [5.74, 6) is 1.46. The fourth-order valence-electron chi connectivity index (χ4n) is 2.49. The lowest BCUT2D eigenvalue weighted by Gasteiger charge is -2.22. The average Bonchev–Trinajstić information content (AvgIpc) is 3.44. The maximum absolute atomic E-state index is 12.2. The summed E-state index contributed by atoms with van der Waals surface area (Å²) in [6.45, 7) is 1.62. The number of nitrogens with one attached hydrogen (secondary N) is 1. The van der Waals surface area contributed by atoms with Gasteiger partial charge in [-0.2, -0.15) is 8.78 Å². The maximum atomic E-state index is 12.2. The van der Waals surface area contributed by atoms with Gasteiger partial charge in [0, 0.05) is 26.7 Å². The number of ether oxygens (including phenoxy) is 2. The Morgan fingerprint density at radius 1 is 1.33 bits per heavy atom. The molecule has 152 valence electrons. The van der Waals surface area contributed by atoms with Crippen LogP contribution < -0.4 is 10.1 Å². The second-order valence-corrected chi connectivity index (χ2v) is 6.71. The van der Waals surface area contributed by atoms with Gasteiger partial charge in [0.2, 0.25) is 0 Å². The Kier molecular flexibility index (Phi) is 8.74. The summed E-state index contributed by atoms with van der Waals surface area (Å²) in [4.78, 5) is 6.36. The van der Waals surface area contributed by atoms with Crippen molar-refractivity contribution < 1.29 is 23.4 Å². The predicted molar refractivity (Wildman–Crippen MR) is 100 cm³/mol. The van der Waals surface area contributed by atoms with Crippen LogP contribution in [0.4, 0.5) is 8.78 Å². The summed E-state index contributed by atoms with van der Waals surface area (Å²) in [6, 6.07) is 6.50. The fourth-order valence-corrected chi connectivity index (χ4v) is 2.49. The van der Waals surface area contributed by atoms with Gasteiger partial charge in [-0.3, -0.25) is 4.99 Å². The van der Waals surface area contributed by atoms with Crippen LogP contribution in [0, 0.1) is 5.92 Å². The van der Waals surface area contributed by atoms with Crippen molar-refractivity contribution in [3.63, 3.8) is 0 Å². The minimum atomic E-state index is -2.83. The first-order valence-electron chi connectivity index (χ1n) is 9.27. The molecule has 1 aliphatic carbocycles. The molecule has 27 heavy (non-hydrogen) atoms. The van der Waals surface area contributed by atoms with Crippen molar-refractivity contribution in [2.75, 3.05) is 33.4 Å². The minimum absolute atomic E-state index is 0.131. The van der Waals surface area contributed by atoms with Crippen molar-refractivity contribution in [1.29, 1.82) is 0 Å². The molecule has 0 bridgehead atoms. The molecule has 0 aromatic heterocycles. The van der Waals surface area contributed by atoms with E-state index in [1.54, 1.807) is 12.1 Å². The molecule has 0 amide bonds. The first kappa shape index (κ1) is 21.4. The third kappa shape index (κ3) is 8.53. The number of rotatable bonds is 11. The normalized spacial score (nSPS) is 15.7. The van der Waals surface area contributed by atoms with Gasteiger partial charge in [0.25, 0.3) is 0 Å². The summed E-state index contributed by atoms with van der Waals surface area (Å²) in [6.07, 6.45) is 1.80. The molecule has 2 N–H and O–H groups in total. The van der Waals surface area contributed by atoms with Gasteiger partial charge in [-0.15, -0.1) is 0 Å². The Morgan fingerprint density at radius 2 is 2.04 bits per heavy atom. The number of halogens is 2. The lowest BCUT2D eigenvalue weighted by Crippen LogP contribution is -2.39. The molecule has 1 aromatic rings. The van der Waals surface area contributed by atoms with Crippen LogP contribution in [-0.2, 0) is 11.3 Å². The van der Waals surface area contributed by atoms with E-state index < -0.39 is 12.7 Å². The van der Waals surface area contributed by atoms with Crippen molar-refractivity contribution in [2.24, 2.45) is 10.9 Å². The molecule has 1 saturated carbocycles. The number of aliphatic hydroxyl groups is 1. The number of hydrogen-bond acceptors (Lipinski definition) is 4. The van der Waals surface area contributed by atoms with Crippen molar-refractivity contribution >= 4 is 5.96 Å². The van der Waals surface area contributed by atoms with Gasteiger partial charge in [-0.25, -0.2) is 0 Å². The van der Waals surface area contributed by atoms with E-state index in [1.807, 2.05) is 18.9 Å². The highest BCUT2D eigenvalue weighted by molar-refractivity contribution is 5.79. The minimum Gasteiger partial charge on any atom is -0.435 e. The van der Waals surface area contributed by atoms with E-state index >= 15 is 0 Å². The molecule has 1 unspecified atom stereocenters. The number of aliphatic hydroxyl groups excluding tert-OH is 1. The molecule has 0 radical (unpaired) electrons. The standard InChI is InChI=1S/C19H29F2N3O3/c1-3-22-19(23-10-16(25)13-26-12-15-4-5-15)24(2)11-14-6-8-17(9-7-14)27-18(20)21/h6-9,15-16,18,25H,3-5,10-13H2,1-2H3,(H,22,23). The van der Waals surface area contributed by atoms with Gasteiger partial charge in [-0.05, 0) is 43.4 Å². The summed E-state index contributed by atoms with van der Waals surface area (Å²) in [5, 5.41) is 13.2. The molecule has 1 aromatic carbocycles. The monoisotopic (exact) mass is 385 g/mol. The van der Waals surface area contributed by atoms with Gasteiger partial charge in [0.15, 0.2) is 5.96 Å². The summed E-state index contributed by atoms with van der Waals surface area (Å²) in [7, 11) is 1.88. The summed E-state index contributed by atoms with van der Waals surface area (Å²) < 4.78 is 34.3. The third-order valence-electron chi connectivity index (χ3n) is 4.08. The highest BCUT2D eigenvalue weighted by Gasteiger charge is 2.21. The number of guanidine groups is 1. The molecule has 1 aliphatic rings. The predicted octanol–water partition coefficient (Wildman–Crippen LogP) is 2.47. The molecular formula is C19H29F2N3O3. The molecule has 1 atom stereocenters. The van der Waals surface area contributed by atoms with E-state index in [9.17, 15) is 13.9 Å². The van der Waals surface area contributed by atoms with Gasteiger partial charge in [-0.1, -0.05) is 12.1 Å². The lowest BCUT2D eigenvalue weighted by atomic mass is 10.2. The van der Waals surface area contributed by atoms with Crippen LogP contribution >= 0.6 is 0 Å². The van der Waals surface area contributed by atoms with E-state index in [-0.39, 0.29) is 18.9 Å². The van der Waals surface area contributed by atoms with E-state index in [1.165, 1.54) is 25.0 Å². The van der Waals surface area contributed by atoms with Gasteiger partial charge in [0.1, 0.15) is 5.75 Å². The van der Waals surface area contributed by atoms with Crippen molar-refractivity contribution in [3.05, 3.63) is 29.8 Å². The summed E-state index contributed by atoms with van der Waals surface area (Å²) in [5.41, 5.74) is 0.929. The Balaban J connectivity index is 1.83. The second kappa shape index (κ2) is 11.0. The number of hydrogen-bond donors (Lipinski definition) is 2. The lowest BCUT2D eigenvalue weighted by molar-refractivity contribution is -0.0498. The fraction of sp³-hybridized carbons (Fsp3) is 0.632. The molecule has 8 heteroatoms. The van der Waals surface area contributed by atoms with Crippen LogP contribution in [0.3, 0.4) is 0 Å². The Hall–Kier alpha value is -1.93. The number of benzene rings is 1. The third-order valence-corrected chi connectivity index (χ3v) is 4.08. The van der Waals surface area contributed by atoms with Crippen LogP contribution in [0.15, 0.2) is 29.3 Å². The summed E-state index contributed by atoms with van der Waals surface area (Å²) >= 11 is 0. The van der Waals surface area contributed by atoms with E-state index in [0.717, 1.165) is 5.56 Å². The van der Waals surface area contributed by atoms with E-state index in [4.69, 9.17) is 4.74 Å². The maximum Gasteiger partial charge on any atom is 0.387 e. The van der Waals surface area contributed by atoms with E-state index in [2.05, 4.69) is 15.0 Å². The van der Waals surface area contributed by atoms with Gasteiger partial charge >= 0.3 is 6.61 Å². The first-order chi connectivity index (χ1) is 13.0. The smallest absolute Gasteiger partial charge is 0.387 e. The number of alkyl halides is 2. The largest absolute Gasteiger partial charge is 0.435 e. The zero-order chi connectivity index (χ0) is 19.6. The van der Waals surface area contributed by atoms with Crippen LogP contribution in [-0.4, -0.2) is 62.0 Å². The second-order valence-electron chi connectivity index (χ2n) is 6.71. The van der Waals surface area contributed by atoms with Crippen LogP contribution in [0.5, 0.6) is 5.75 Å². The number of aliphatic imine (C=N–C) groups is 1. The molecule has 0 spiro atoms. The zero-order valence-electron chi connectivity index (χ0n) is 15.9. The molecule has 0 saturated heterocycles. The number of nitrogens with zero attached hydrogens (tertiary/aromatic N) is 2. The van der Waals surface area contributed by atoms with Crippen molar-refractivity contribution in [2.45, 2.75) is 39.0 Å². The highest BCUT2D eigenvalue weighted by atomic mass is 19.3. The van der Waals surface area contributed by atoms with Crippen LogP contribution in [0.1, 0.15) is 25.3 Å².